The number of nitrogens with one attached hydrogen (secondary N) is 2. The smallest absolute Gasteiger partial charge is 0.261 e. The van der Waals surface area contributed by atoms with Gasteiger partial charge in [-0.1, -0.05) is 40.6 Å². The highest BCUT2D eigenvalue weighted by Gasteiger charge is 2.17. The van der Waals surface area contributed by atoms with Crippen molar-refractivity contribution in [2.24, 2.45) is 0 Å². The largest absolute Gasteiger partial charge is 0.497 e. The fourth-order valence-electron chi connectivity index (χ4n) is 2.86. The molecule has 1 aromatic heterocycles. The number of sulfonamides is 1. The van der Waals surface area contributed by atoms with Crippen molar-refractivity contribution in [3.8, 4) is 5.75 Å². The molecule has 164 valence electrons. The average molecular weight is 508 g/mol. The summed E-state index contributed by atoms with van der Waals surface area (Å²) < 4.78 is 33.5. The lowest BCUT2D eigenvalue weighted by molar-refractivity contribution is 0.102. The van der Waals surface area contributed by atoms with Crippen LogP contribution in [-0.4, -0.2) is 26.4 Å². The zero-order chi connectivity index (χ0) is 22.9. The molecule has 0 aliphatic carbocycles. The molecule has 0 radical (unpaired) electrons. The first-order chi connectivity index (χ1) is 15.3. The number of carbonyl (C=O) groups is 1. The highest BCUT2D eigenvalue weighted by Crippen LogP contribution is 2.36. The fraction of sp³-hybridized carbons (Fsp3) is 0.0476. The number of amides is 1. The third-order valence-electron chi connectivity index (χ3n) is 4.41. The third-order valence-corrected chi connectivity index (χ3v) is 7.55. The molecule has 0 atom stereocenters. The second-order valence-electron chi connectivity index (χ2n) is 6.54. The van der Waals surface area contributed by atoms with Crippen LogP contribution in [0.4, 0.5) is 10.8 Å². The van der Waals surface area contributed by atoms with Crippen molar-refractivity contribution in [1.82, 2.24) is 4.98 Å². The van der Waals surface area contributed by atoms with E-state index in [1.54, 1.807) is 42.5 Å². The Morgan fingerprint density at radius 1 is 1.03 bits per heavy atom. The van der Waals surface area contributed by atoms with Crippen LogP contribution in [0.25, 0.3) is 10.2 Å². The van der Waals surface area contributed by atoms with Gasteiger partial charge in [-0.15, -0.1) is 0 Å². The Morgan fingerprint density at radius 2 is 1.75 bits per heavy atom. The number of aromatic nitrogens is 1. The summed E-state index contributed by atoms with van der Waals surface area (Å²) in [7, 11) is -2.35. The van der Waals surface area contributed by atoms with Crippen LogP contribution in [0, 0.1) is 0 Å². The minimum absolute atomic E-state index is 0.0661. The number of carbonyl (C=O) groups excluding carboxylic acids is 1. The molecule has 0 bridgehead atoms. The van der Waals surface area contributed by atoms with Crippen LogP contribution >= 0.6 is 34.5 Å². The summed E-state index contributed by atoms with van der Waals surface area (Å²) in [5.74, 6) is 0.0850. The van der Waals surface area contributed by atoms with E-state index in [4.69, 9.17) is 27.9 Å². The van der Waals surface area contributed by atoms with E-state index < -0.39 is 15.9 Å². The summed E-state index contributed by atoms with van der Waals surface area (Å²) in [6, 6.07) is 15.4. The summed E-state index contributed by atoms with van der Waals surface area (Å²) in [6.45, 7) is 0. The normalized spacial score (nSPS) is 11.3. The van der Waals surface area contributed by atoms with E-state index in [1.807, 2.05) is 0 Å². The molecule has 0 aliphatic heterocycles. The van der Waals surface area contributed by atoms with Gasteiger partial charge in [0, 0.05) is 11.3 Å². The van der Waals surface area contributed by atoms with Crippen LogP contribution < -0.4 is 14.8 Å². The van der Waals surface area contributed by atoms with Crippen molar-refractivity contribution in [3.63, 3.8) is 0 Å². The maximum atomic E-state index is 12.7. The molecule has 0 aliphatic rings. The molecule has 0 saturated heterocycles. The van der Waals surface area contributed by atoms with Crippen LogP contribution in [0.1, 0.15) is 10.4 Å². The predicted molar refractivity (Wildman–Crippen MR) is 128 cm³/mol. The molecule has 2 N–H and O–H groups in total. The van der Waals surface area contributed by atoms with Crippen LogP contribution in [0.5, 0.6) is 5.75 Å². The Labute approximate surface area is 198 Å². The minimum atomic E-state index is -3.84. The number of fused-ring (bicyclic) bond motifs is 1. The van der Waals surface area contributed by atoms with Crippen molar-refractivity contribution in [2.45, 2.75) is 4.90 Å². The number of thiazole rings is 1. The molecule has 0 saturated carbocycles. The average Bonchev–Trinajstić information content (AvgIpc) is 3.21. The van der Waals surface area contributed by atoms with Gasteiger partial charge in [0.15, 0.2) is 5.13 Å². The van der Waals surface area contributed by atoms with Gasteiger partial charge in [0.1, 0.15) is 11.3 Å². The molecule has 1 heterocycles. The first-order valence-electron chi connectivity index (χ1n) is 9.09. The number of nitrogens with zero attached hydrogens (tertiary/aromatic N) is 1. The van der Waals surface area contributed by atoms with Crippen molar-refractivity contribution in [2.75, 3.05) is 17.1 Å². The van der Waals surface area contributed by atoms with Crippen LogP contribution in [0.2, 0.25) is 10.0 Å². The van der Waals surface area contributed by atoms with Crippen molar-refractivity contribution in [1.29, 1.82) is 0 Å². The summed E-state index contributed by atoms with van der Waals surface area (Å²) in [5, 5.41) is 3.93. The van der Waals surface area contributed by atoms with E-state index in [0.29, 0.717) is 31.1 Å². The lowest BCUT2D eigenvalue weighted by Gasteiger charge is -2.10. The van der Waals surface area contributed by atoms with Gasteiger partial charge >= 0.3 is 0 Å². The number of hydrogen-bond donors (Lipinski definition) is 2. The molecule has 0 unspecified atom stereocenters. The maximum absolute atomic E-state index is 12.7. The van der Waals surface area contributed by atoms with Crippen LogP contribution in [0.15, 0.2) is 65.6 Å². The van der Waals surface area contributed by atoms with Gasteiger partial charge in [0.25, 0.3) is 15.9 Å². The van der Waals surface area contributed by atoms with Crippen molar-refractivity contribution < 1.29 is 17.9 Å². The highest BCUT2D eigenvalue weighted by atomic mass is 35.5. The first kappa shape index (κ1) is 22.3. The molecule has 11 heteroatoms. The Morgan fingerprint density at radius 3 is 2.44 bits per heavy atom. The summed E-state index contributed by atoms with van der Waals surface area (Å²) in [6.07, 6.45) is 0. The number of anilines is 2. The molecule has 7 nitrogen and oxygen atoms in total. The molecule has 1 amide bonds. The molecule has 3 aromatic carbocycles. The van der Waals surface area contributed by atoms with Gasteiger partial charge in [-0.05, 0) is 54.6 Å². The quantitative estimate of drug-likeness (QED) is 0.350. The Hall–Kier alpha value is -2.85. The lowest BCUT2D eigenvalue weighted by Crippen LogP contribution is -2.15. The topological polar surface area (TPSA) is 97.4 Å². The van der Waals surface area contributed by atoms with E-state index >= 15 is 0 Å². The van der Waals surface area contributed by atoms with Crippen molar-refractivity contribution >= 4 is 71.5 Å². The van der Waals surface area contributed by atoms with E-state index in [2.05, 4.69) is 15.0 Å². The molecule has 0 spiro atoms. The molecule has 4 aromatic rings. The zero-order valence-corrected chi connectivity index (χ0v) is 19.6. The van der Waals surface area contributed by atoms with E-state index in [-0.39, 0.29) is 16.1 Å². The first-order valence-corrected chi connectivity index (χ1v) is 12.2. The predicted octanol–water partition coefficient (Wildman–Crippen LogP) is 5.66. The van der Waals surface area contributed by atoms with E-state index in [9.17, 15) is 13.2 Å². The molecular formula is C21H15Cl2N3O4S2. The zero-order valence-electron chi connectivity index (χ0n) is 16.4. The van der Waals surface area contributed by atoms with Gasteiger partial charge in [0.2, 0.25) is 0 Å². The summed E-state index contributed by atoms with van der Waals surface area (Å²) in [4.78, 5) is 17.1. The number of rotatable bonds is 6. The Balaban J connectivity index is 1.54. The van der Waals surface area contributed by atoms with E-state index in [0.717, 1.165) is 0 Å². The van der Waals surface area contributed by atoms with Gasteiger partial charge in [-0.2, -0.15) is 0 Å². The van der Waals surface area contributed by atoms with Gasteiger partial charge in [0.05, 0.1) is 26.8 Å². The number of benzene rings is 3. The minimum Gasteiger partial charge on any atom is -0.497 e. The second-order valence-corrected chi connectivity index (χ2v) is 10.0. The number of ether oxygens (including phenoxy) is 1. The molecule has 4 rings (SSSR count). The van der Waals surface area contributed by atoms with Gasteiger partial charge in [-0.3, -0.25) is 14.8 Å². The molecular weight excluding hydrogens is 493 g/mol. The monoisotopic (exact) mass is 507 g/mol. The fourth-order valence-corrected chi connectivity index (χ4v) is 5.33. The number of methoxy groups -OCH3 is 1. The Bertz CT molecular complexity index is 1380. The number of hydrogen-bond acceptors (Lipinski definition) is 6. The van der Waals surface area contributed by atoms with Gasteiger partial charge in [-0.25, -0.2) is 13.4 Å². The third kappa shape index (κ3) is 4.66. The molecule has 32 heavy (non-hydrogen) atoms. The number of halogens is 2. The van der Waals surface area contributed by atoms with Crippen molar-refractivity contribution in [3.05, 3.63) is 76.3 Å². The summed E-state index contributed by atoms with van der Waals surface area (Å²) in [5.41, 5.74) is 0.987. The highest BCUT2D eigenvalue weighted by molar-refractivity contribution is 7.92. The lowest BCUT2D eigenvalue weighted by atomic mass is 10.2. The standard InChI is InChI=1S/C21H15Cl2N3O4S2/c1-30-14-5-7-15(8-6-14)32(28,29)26-13-4-2-3-12(11-13)20(27)25-21-24-18-16(22)9-10-17(23)19(18)31-21/h2-11,26H,1H3,(H,24,25,27). The summed E-state index contributed by atoms with van der Waals surface area (Å²) >= 11 is 13.5. The van der Waals surface area contributed by atoms with Crippen LogP contribution in [0.3, 0.4) is 0 Å². The van der Waals surface area contributed by atoms with Crippen LogP contribution in [-0.2, 0) is 10.0 Å². The SMILES string of the molecule is COc1ccc(S(=O)(=O)Nc2cccc(C(=O)Nc3nc4c(Cl)ccc(Cl)c4s3)c2)cc1. The van der Waals surface area contributed by atoms with Gasteiger partial charge < -0.3 is 4.74 Å². The molecule has 0 fully saturated rings. The maximum Gasteiger partial charge on any atom is 0.261 e. The Kier molecular flexibility index (Phi) is 6.25. The second kappa shape index (κ2) is 8.95. The van der Waals surface area contributed by atoms with E-state index in [1.165, 1.54) is 36.6 Å².